The monoisotopic (exact) mass is 311 g/mol. The van der Waals surface area contributed by atoms with Crippen molar-refractivity contribution in [2.24, 2.45) is 0 Å². The maximum Gasteiger partial charge on any atom is 0.282 e. The third-order valence-corrected chi connectivity index (χ3v) is 6.13. The first-order valence-electron chi connectivity index (χ1n) is 7.54. The van der Waals surface area contributed by atoms with Gasteiger partial charge in [0.1, 0.15) is 0 Å². The summed E-state index contributed by atoms with van der Waals surface area (Å²) in [5.41, 5.74) is 1.02. The van der Waals surface area contributed by atoms with Gasteiger partial charge in [0.2, 0.25) is 0 Å². The zero-order valence-corrected chi connectivity index (χ0v) is 13.6. The number of piperidine rings is 1. The van der Waals surface area contributed by atoms with Gasteiger partial charge in [0.15, 0.2) is 0 Å². The molecular weight excluding hydrogens is 286 g/mol. The molecule has 0 amide bonds. The van der Waals surface area contributed by atoms with Crippen LogP contribution in [-0.4, -0.2) is 49.8 Å². The highest BCUT2D eigenvalue weighted by atomic mass is 32.2. The van der Waals surface area contributed by atoms with Gasteiger partial charge < -0.3 is 5.32 Å². The van der Waals surface area contributed by atoms with Crippen molar-refractivity contribution < 1.29 is 8.42 Å². The van der Waals surface area contributed by atoms with Crippen molar-refractivity contribution in [1.29, 1.82) is 0 Å². The predicted octanol–water partition coefficient (Wildman–Crippen LogP) is 1.44. The van der Waals surface area contributed by atoms with Gasteiger partial charge in [-0.15, -0.1) is 0 Å². The van der Waals surface area contributed by atoms with E-state index in [9.17, 15) is 8.42 Å². The number of nitrogens with zero attached hydrogens (tertiary/aromatic N) is 2. The molecule has 2 rings (SSSR count). The number of rotatable bonds is 6. The summed E-state index contributed by atoms with van der Waals surface area (Å²) in [6.07, 6.45) is 1.75. The zero-order chi connectivity index (χ0) is 15.3. The minimum Gasteiger partial charge on any atom is -0.317 e. The Morgan fingerprint density at radius 3 is 2.38 bits per heavy atom. The summed E-state index contributed by atoms with van der Waals surface area (Å²) in [5.74, 6) is 0. The molecule has 21 heavy (non-hydrogen) atoms. The average Bonchev–Trinajstić information content (AvgIpc) is 2.53. The first-order chi connectivity index (χ1) is 10.1. The van der Waals surface area contributed by atoms with Crippen LogP contribution >= 0.6 is 0 Å². The Labute approximate surface area is 128 Å². The summed E-state index contributed by atoms with van der Waals surface area (Å²) in [7, 11) is -1.43. The third kappa shape index (κ3) is 4.03. The van der Waals surface area contributed by atoms with Gasteiger partial charge in [-0.25, -0.2) is 0 Å². The third-order valence-electron chi connectivity index (χ3n) is 4.07. The Morgan fingerprint density at radius 2 is 1.86 bits per heavy atom. The lowest BCUT2D eigenvalue weighted by Gasteiger charge is -2.34. The van der Waals surface area contributed by atoms with E-state index in [1.165, 1.54) is 0 Å². The van der Waals surface area contributed by atoms with Crippen LogP contribution in [0.2, 0.25) is 0 Å². The van der Waals surface area contributed by atoms with Crippen LogP contribution in [0.15, 0.2) is 30.3 Å². The van der Waals surface area contributed by atoms with E-state index >= 15 is 0 Å². The number of hydrogen-bond acceptors (Lipinski definition) is 3. The normalized spacial score (nSPS) is 18.2. The molecule has 0 aliphatic carbocycles. The predicted molar refractivity (Wildman–Crippen MR) is 85.1 cm³/mol. The van der Waals surface area contributed by atoms with Gasteiger partial charge in [-0.05, 0) is 25.5 Å². The molecule has 0 atom stereocenters. The van der Waals surface area contributed by atoms with Crippen molar-refractivity contribution in [3.63, 3.8) is 0 Å². The zero-order valence-electron chi connectivity index (χ0n) is 12.8. The molecule has 1 N–H and O–H groups in total. The van der Waals surface area contributed by atoms with Gasteiger partial charge in [0.25, 0.3) is 10.2 Å². The molecule has 1 heterocycles. The average molecular weight is 311 g/mol. The first-order valence-corrected chi connectivity index (χ1v) is 8.94. The fourth-order valence-corrected chi connectivity index (χ4v) is 4.32. The summed E-state index contributed by atoms with van der Waals surface area (Å²) in [6.45, 7) is 4.01. The molecule has 0 unspecified atom stereocenters. The fraction of sp³-hybridized carbons (Fsp3) is 0.600. The second-order valence-electron chi connectivity index (χ2n) is 5.38. The van der Waals surface area contributed by atoms with Crippen molar-refractivity contribution in [3.8, 4) is 0 Å². The van der Waals surface area contributed by atoms with E-state index in [-0.39, 0.29) is 0 Å². The smallest absolute Gasteiger partial charge is 0.282 e. The van der Waals surface area contributed by atoms with Crippen LogP contribution in [0.5, 0.6) is 0 Å². The van der Waals surface area contributed by atoms with Gasteiger partial charge in [0.05, 0.1) is 0 Å². The lowest BCUT2D eigenvalue weighted by atomic mass is 10.1. The molecule has 0 radical (unpaired) electrons. The second kappa shape index (κ2) is 7.35. The first kappa shape index (κ1) is 16.4. The van der Waals surface area contributed by atoms with E-state index in [0.717, 1.165) is 18.4 Å². The SMILES string of the molecule is CCN(Cc1ccccc1)S(=O)(=O)N1CCC(NC)CC1. The number of hydrogen-bond donors (Lipinski definition) is 1. The van der Waals surface area contributed by atoms with Gasteiger partial charge in [-0.2, -0.15) is 17.0 Å². The lowest BCUT2D eigenvalue weighted by molar-refractivity contribution is 0.273. The Bertz CT molecular complexity index is 525. The standard InChI is InChI=1S/C15H25N3O2S/c1-3-17(13-14-7-5-4-6-8-14)21(19,20)18-11-9-15(16-2)10-12-18/h4-8,15-16H,3,9-13H2,1-2H3. The summed E-state index contributed by atoms with van der Waals surface area (Å²) >= 11 is 0. The Kier molecular flexibility index (Phi) is 5.75. The van der Waals surface area contributed by atoms with E-state index in [4.69, 9.17) is 0 Å². The highest BCUT2D eigenvalue weighted by molar-refractivity contribution is 7.86. The van der Waals surface area contributed by atoms with E-state index in [2.05, 4.69) is 5.32 Å². The van der Waals surface area contributed by atoms with E-state index in [0.29, 0.717) is 32.2 Å². The summed E-state index contributed by atoms with van der Waals surface area (Å²) in [5, 5.41) is 3.22. The highest BCUT2D eigenvalue weighted by Crippen LogP contribution is 2.18. The Hall–Kier alpha value is -0.950. The maximum atomic E-state index is 12.7. The molecule has 0 saturated carbocycles. The minimum absolute atomic E-state index is 0.431. The quantitative estimate of drug-likeness (QED) is 0.865. The molecule has 1 aliphatic rings. The van der Waals surface area contributed by atoms with E-state index < -0.39 is 10.2 Å². The molecule has 0 bridgehead atoms. The Morgan fingerprint density at radius 1 is 1.24 bits per heavy atom. The van der Waals surface area contributed by atoms with E-state index in [1.54, 1.807) is 8.61 Å². The fourth-order valence-electron chi connectivity index (χ4n) is 2.68. The topological polar surface area (TPSA) is 52.7 Å². The van der Waals surface area contributed by atoms with Crippen molar-refractivity contribution >= 4 is 10.2 Å². The second-order valence-corrected chi connectivity index (χ2v) is 7.31. The van der Waals surface area contributed by atoms with Gasteiger partial charge >= 0.3 is 0 Å². The minimum atomic E-state index is -3.37. The molecule has 6 heteroatoms. The molecule has 1 aromatic carbocycles. The summed E-state index contributed by atoms with van der Waals surface area (Å²) in [6, 6.07) is 10.2. The summed E-state index contributed by atoms with van der Waals surface area (Å²) < 4.78 is 28.7. The lowest BCUT2D eigenvalue weighted by Crippen LogP contribution is -2.49. The highest BCUT2D eigenvalue weighted by Gasteiger charge is 2.31. The van der Waals surface area contributed by atoms with Gasteiger partial charge in [0, 0.05) is 32.2 Å². The van der Waals surface area contributed by atoms with Crippen molar-refractivity contribution in [2.45, 2.75) is 32.4 Å². The van der Waals surface area contributed by atoms with Crippen LogP contribution in [-0.2, 0) is 16.8 Å². The van der Waals surface area contributed by atoms with Crippen molar-refractivity contribution in [3.05, 3.63) is 35.9 Å². The van der Waals surface area contributed by atoms with Crippen LogP contribution in [0.3, 0.4) is 0 Å². The molecule has 5 nitrogen and oxygen atoms in total. The number of benzene rings is 1. The molecule has 118 valence electrons. The summed E-state index contributed by atoms with van der Waals surface area (Å²) in [4.78, 5) is 0. The Balaban J connectivity index is 2.06. The maximum absolute atomic E-state index is 12.7. The van der Waals surface area contributed by atoms with Crippen molar-refractivity contribution in [1.82, 2.24) is 13.9 Å². The van der Waals surface area contributed by atoms with Gasteiger partial charge in [-0.1, -0.05) is 37.3 Å². The van der Waals surface area contributed by atoms with Crippen LogP contribution in [0.4, 0.5) is 0 Å². The molecular formula is C15H25N3O2S. The molecule has 1 aliphatic heterocycles. The molecule has 0 aromatic heterocycles. The van der Waals surface area contributed by atoms with Gasteiger partial charge in [-0.3, -0.25) is 0 Å². The molecule has 1 fully saturated rings. The van der Waals surface area contributed by atoms with Crippen LogP contribution in [0, 0.1) is 0 Å². The molecule has 0 spiro atoms. The van der Waals surface area contributed by atoms with Crippen LogP contribution in [0.1, 0.15) is 25.3 Å². The van der Waals surface area contributed by atoms with Crippen molar-refractivity contribution in [2.75, 3.05) is 26.7 Å². The molecule has 1 saturated heterocycles. The molecule has 1 aromatic rings. The van der Waals surface area contributed by atoms with E-state index in [1.807, 2.05) is 44.3 Å². The largest absolute Gasteiger partial charge is 0.317 e. The van der Waals surface area contributed by atoms with Crippen LogP contribution < -0.4 is 5.32 Å². The van der Waals surface area contributed by atoms with Crippen LogP contribution in [0.25, 0.3) is 0 Å². The number of nitrogens with one attached hydrogen (secondary N) is 1.